The molecule has 0 bridgehead atoms. The van der Waals surface area contributed by atoms with Gasteiger partial charge in [-0.2, -0.15) is 0 Å². The number of Topliss-reactive ketones (excluding diaryl/α,β-unsaturated/α-hetero) is 1. The molecule has 6 nitrogen and oxygen atoms in total. The lowest BCUT2D eigenvalue weighted by molar-refractivity contribution is -0.139. The predicted molar refractivity (Wildman–Crippen MR) is 110 cm³/mol. The largest absolute Gasteiger partial charge is 0.507 e. The molecule has 152 valence electrons. The Kier molecular flexibility index (Phi) is 6.22. The van der Waals surface area contributed by atoms with Gasteiger partial charge in [0.05, 0.1) is 25.3 Å². The Morgan fingerprint density at radius 3 is 2.17 bits per heavy atom. The van der Waals surface area contributed by atoms with Crippen molar-refractivity contribution in [3.05, 3.63) is 65.2 Å². The Hall–Kier alpha value is -3.28. The van der Waals surface area contributed by atoms with Crippen molar-refractivity contribution >= 4 is 17.4 Å². The second kappa shape index (κ2) is 8.82. The molecule has 1 aliphatic rings. The van der Waals surface area contributed by atoms with E-state index in [9.17, 15) is 14.7 Å². The van der Waals surface area contributed by atoms with Gasteiger partial charge in [0.1, 0.15) is 17.3 Å². The number of ketones is 1. The third-order valence-electron chi connectivity index (χ3n) is 4.87. The quantitative estimate of drug-likeness (QED) is 0.437. The van der Waals surface area contributed by atoms with Crippen LogP contribution in [0.1, 0.15) is 37.4 Å². The fourth-order valence-electron chi connectivity index (χ4n) is 3.52. The van der Waals surface area contributed by atoms with E-state index < -0.39 is 17.7 Å². The molecule has 1 atom stereocenters. The topological polar surface area (TPSA) is 76.1 Å². The van der Waals surface area contributed by atoms with Gasteiger partial charge in [-0.25, -0.2) is 0 Å². The predicted octanol–water partition coefficient (Wildman–Crippen LogP) is 3.93. The van der Waals surface area contributed by atoms with E-state index in [1.54, 1.807) is 43.5 Å². The van der Waals surface area contributed by atoms with Gasteiger partial charge >= 0.3 is 0 Å². The minimum Gasteiger partial charge on any atom is -0.507 e. The van der Waals surface area contributed by atoms with Gasteiger partial charge in [0.15, 0.2) is 0 Å². The van der Waals surface area contributed by atoms with Crippen LogP contribution in [0.3, 0.4) is 0 Å². The van der Waals surface area contributed by atoms with Crippen LogP contribution in [-0.4, -0.2) is 42.0 Å². The summed E-state index contributed by atoms with van der Waals surface area (Å²) in [6.45, 7) is 4.78. The van der Waals surface area contributed by atoms with Gasteiger partial charge < -0.3 is 19.5 Å². The molecule has 1 N–H and O–H groups in total. The average Bonchev–Trinajstić information content (AvgIpc) is 2.99. The Morgan fingerprint density at radius 1 is 1.00 bits per heavy atom. The molecule has 0 spiro atoms. The van der Waals surface area contributed by atoms with E-state index in [0.29, 0.717) is 36.6 Å². The molecule has 1 fully saturated rings. The zero-order chi connectivity index (χ0) is 21.0. The molecule has 1 aliphatic heterocycles. The average molecular weight is 395 g/mol. The van der Waals surface area contributed by atoms with Gasteiger partial charge in [-0.3, -0.25) is 9.59 Å². The number of rotatable bonds is 7. The molecule has 29 heavy (non-hydrogen) atoms. The molecular formula is C23H25NO5. The van der Waals surface area contributed by atoms with Crippen LogP contribution in [0.15, 0.2) is 54.1 Å². The highest BCUT2D eigenvalue weighted by molar-refractivity contribution is 6.46. The first kappa shape index (κ1) is 20.5. The molecule has 1 amide bonds. The third kappa shape index (κ3) is 3.97. The van der Waals surface area contributed by atoms with Crippen LogP contribution in [0.4, 0.5) is 0 Å². The first-order chi connectivity index (χ1) is 14.0. The van der Waals surface area contributed by atoms with Gasteiger partial charge in [-0.05, 0) is 55.3 Å². The Balaban J connectivity index is 2.09. The summed E-state index contributed by atoms with van der Waals surface area (Å²) in [5, 5.41) is 11.0. The van der Waals surface area contributed by atoms with Crippen LogP contribution in [0.5, 0.6) is 11.5 Å². The summed E-state index contributed by atoms with van der Waals surface area (Å²) in [6.07, 6.45) is 0.697. The summed E-state index contributed by atoms with van der Waals surface area (Å²) in [5.41, 5.74) is 1.30. The number of carbonyl (C=O) groups excluding carboxylic acids is 2. The lowest BCUT2D eigenvalue weighted by atomic mass is 9.95. The minimum atomic E-state index is -0.675. The summed E-state index contributed by atoms with van der Waals surface area (Å²) < 4.78 is 10.6. The molecule has 6 heteroatoms. The summed E-state index contributed by atoms with van der Waals surface area (Å²) in [6, 6.07) is 13.3. The molecule has 0 aliphatic carbocycles. The lowest BCUT2D eigenvalue weighted by Crippen LogP contribution is -2.30. The molecule has 0 saturated carbocycles. The normalized spacial score (nSPS) is 18.2. The van der Waals surface area contributed by atoms with E-state index >= 15 is 0 Å². The molecule has 0 aromatic heterocycles. The highest BCUT2D eigenvalue weighted by Crippen LogP contribution is 2.40. The van der Waals surface area contributed by atoms with Crippen molar-refractivity contribution in [2.24, 2.45) is 0 Å². The Morgan fingerprint density at radius 2 is 1.62 bits per heavy atom. The number of hydrogen-bond donors (Lipinski definition) is 1. The van der Waals surface area contributed by atoms with Crippen molar-refractivity contribution < 1.29 is 24.2 Å². The van der Waals surface area contributed by atoms with Crippen LogP contribution < -0.4 is 9.47 Å². The first-order valence-corrected chi connectivity index (χ1v) is 9.67. The maximum absolute atomic E-state index is 12.8. The molecule has 1 saturated heterocycles. The Bertz CT molecular complexity index is 915. The zero-order valence-corrected chi connectivity index (χ0v) is 16.8. The highest BCUT2D eigenvalue weighted by Gasteiger charge is 2.45. The number of nitrogens with zero attached hydrogens (tertiary/aromatic N) is 1. The maximum Gasteiger partial charge on any atom is 0.295 e. The number of hydrogen-bond acceptors (Lipinski definition) is 5. The Labute approximate surface area is 170 Å². The summed E-state index contributed by atoms with van der Waals surface area (Å²) in [7, 11) is 1.57. The van der Waals surface area contributed by atoms with E-state index in [-0.39, 0.29) is 11.3 Å². The van der Waals surface area contributed by atoms with E-state index in [1.165, 1.54) is 4.90 Å². The fraction of sp³-hybridized carbons (Fsp3) is 0.304. The van der Waals surface area contributed by atoms with Crippen molar-refractivity contribution in [1.29, 1.82) is 0 Å². The van der Waals surface area contributed by atoms with Gasteiger partial charge in [-0.15, -0.1) is 0 Å². The van der Waals surface area contributed by atoms with Crippen LogP contribution in [-0.2, 0) is 9.59 Å². The number of aliphatic hydroxyl groups is 1. The molecule has 1 heterocycles. The minimum absolute atomic E-state index is 0.0952. The van der Waals surface area contributed by atoms with E-state index in [0.717, 1.165) is 5.56 Å². The number of likely N-dealkylation sites (tertiary alicyclic amines) is 1. The van der Waals surface area contributed by atoms with Gasteiger partial charge in [-0.1, -0.05) is 19.1 Å². The van der Waals surface area contributed by atoms with Crippen molar-refractivity contribution in [2.75, 3.05) is 20.3 Å². The fourth-order valence-corrected chi connectivity index (χ4v) is 3.52. The third-order valence-corrected chi connectivity index (χ3v) is 4.87. The molecule has 0 radical (unpaired) electrons. The SMILES string of the molecule is CCCN1C(=O)C(=O)/C(=C(\O)c2ccc(OCC)cc2)C1c1ccc(OC)cc1. The number of amides is 1. The standard InChI is InChI=1S/C23H25NO5/c1-4-14-24-20(15-6-10-17(28-3)11-7-15)19(22(26)23(24)27)21(25)16-8-12-18(13-9-16)29-5-2/h6-13,20,25H,4-5,14H2,1-3H3/b21-19-. The first-order valence-electron chi connectivity index (χ1n) is 9.67. The van der Waals surface area contributed by atoms with Crippen LogP contribution in [0.25, 0.3) is 5.76 Å². The van der Waals surface area contributed by atoms with Gasteiger partial charge in [0.25, 0.3) is 11.7 Å². The van der Waals surface area contributed by atoms with E-state index in [2.05, 4.69) is 0 Å². The van der Waals surface area contributed by atoms with Crippen molar-refractivity contribution in [1.82, 2.24) is 4.90 Å². The van der Waals surface area contributed by atoms with Crippen molar-refractivity contribution in [3.63, 3.8) is 0 Å². The molecular weight excluding hydrogens is 370 g/mol. The summed E-state index contributed by atoms with van der Waals surface area (Å²) in [5.74, 6) is -0.119. The number of ether oxygens (including phenoxy) is 2. The van der Waals surface area contributed by atoms with Crippen LogP contribution in [0.2, 0.25) is 0 Å². The molecule has 3 rings (SSSR count). The van der Waals surface area contributed by atoms with Gasteiger partial charge in [0, 0.05) is 12.1 Å². The molecule has 1 unspecified atom stereocenters. The lowest BCUT2D eigenvalue weighted by Gasteiger charge is -2.25. The van der Waals surface area contributed by atoms with E-state index in [4.69, 9.17) is 9.47 Å². The molecule has 2 aromatic rings. The van der Waals surface area contributed by atoms with E-state index in [1.807, 2.05) is 26.0 Å². The monoisotopic (exact) mass is 395 g/mol. The van der Waals surface area contributed by atoms with Crippen molar-refractivity contribution in [2.45, 2.75) is 26.3 Å². The number of aliphatic hydroxyl groups excluding tert-OH is 1. The summed E-state index contributed by atoms with van der Waals surface area (Å²) in [4.78, 5) is 27.0. The zero-order valence-electron chi connectivity index (χ0n) is 16.8. The van der Waals surface area contributed by atoms with Gasteiger partial charge in [0.2, 0.25) is 0 Å². The van der Waals surface area contributed by atoms with Crippen molar-refractivity contribution in [3.8, 4) is 11.5 Å². The smallest absolute Gasteiger partial charge is 0.295 e. The van der Waals surface area contributed by atoms with Crippen LogP contribution >= 0.6 is 0 Å². The number of methoxy groups -OCH3 is 1. The number of benzene rings is 2. The number of carbonyl (C=O) groups is 2. The van der Waals surface area contributed by atoms with Crippen LogP contribution in [0, 0.1) is 0 Å². The second-order valence-corrected chi connectivity index (χ2v) is 6.72. The second-order valence-electron chi connectivity index (χ2n) is 6.72. The molecule has 2 aromatic carbocycles. The maximum atomic E-state index is 12.8. The summed E-state index contributed by atoms with van der Waals surface area (Å²) >= 11 is 0. The highest BCUT2D eigenvalue weighted by atomic mass is 16.5.